The predicted octanol–water partition coefficient (Wildman–Crippen LogP) is -4.05. The minimum Gasteiger partial charge on any atom is -1.00 e. The van der Waals surface area contributed by atoms with Gasteiger partial charge in [-0.25, -0.2) is 11.6 Å². The number of rotatable bonds is 0. The van der Waals surface area contributed by atoms with Gasteiger partial charge in [-0.1, -0.05) is 19.8 Å². The number of hydrogen-bond acceptors (Lipinski definition) is 0. The summed E-state index contributed by atoms with van der Waals surface area (Å²) >= 11 is 0. The Balaban J connectivity index is -0.000000163. The average molecular weight is 255 g/mol. The molecule has 10 heavy (non-hydrogen) atoms. The third-order valence-electron chi connectivity index (χ3n) is 1.09. The van der Waals surface area contributed by atoms with Crippen LogP contribution in [0.15, 0.2) is 17.7 Å². The molecule has 0 amide bonds. The van der Waals surface area contributed by atoms with E-state index in [0.29, 0.717) is 5.92 Å². The molecule has 0 saturated carbocycles. The van der Waals surface area contributed by atoms with Crippen LogP contribution in [-0.2, 0) is 26.2 Å². The molecule has 1 radical (unpaired) electrons. The first kappa shape index (κ1) is 17.1. The molecule has 0 aliphatic heterocycles. The quantitative estimate of drug-likeness (QED) is 0.387. The van der Waals surface area contributed by atoms with E-state index < -0.39 is 0 Å². The Hall–Kier alpha value is 0.943. The van der Waals surface area contributed by atoms with Gasteiger partial charge in [-0.3, -0.25) is 6.08 Å². The fourth-order valence-electron chi connectivity index (χ4n) is 0.744. The van der Waals surface area contributed by atoms with Crippen LogP contribution in [0.4, 0.5) is 0 Å². The molecule has 1 unspecified atom stereocenters. The van der Waals surface area contributed by atoms with Gasteiger partial charge in [0.05, 0.1) is 0 Å². The van der Waals surface area contributed by atoms with Crippen molar-refractivity contribution in [3.63, 3.8) is 0 Å². The fourth-order valence-corrected chi connectivity index (χ4v) is 0.744. The molecular weight excluding hydrogens is 246 g/mol. The van der Waals surface area contributed by atoms with Gasteiger partial charge in [0.2, 0.25) is 0 Å². The van der Waals surface area contributed by atoms with Gasteiger partial charge in [-0.15, -0.1) is 0 Å². The maximum Gasteiger partial charge on any atom is 3.00 e. The van der Waals surface area contributed by atoms with Crippen molar-refractivity contribution in [3.05, 3.63) is 23.8 Å². The first-order valence-corrected chi connectivity index (χ1v) is 2.57. The molecule has 0 heterocycles. The van der Waals surface area contributed by atoms with Crippen molar-refractivity contribution in [2.45, 2.75) is 13.8 Å². The Morgan fingerprint density at radius 3 is 2.00 bits per heavy atom. The number of hydrogen-bond donors (Lipinski definition) is 0. The van der Waals surface area contributed by atoms with Crippen molar-refractivity contribution in [2.75, 3.05) is 0 Å². The van der Waals surface area contributed by atoms with Gasteiger partial charge in [-0.05, 0) is 0 Å². The average Bonchev–Trinajstić information content (AvgIpc) is 1.87. The van der Waals surface area contributed by atoms with Gasteiger partial charge < -0.3 is 24.8 Å². The molecule has 55 valence electrons. The van der Waals surface area contributed by atoms with Crippen molar-refractivity contribution in [1.82, 2.24) is 0 Å². The monoisotopic (exact) mass is 253 g/mol. The molecule has 0 fully saturated rings. The van der Waals surface area contributed by atoms with Gasteiger partial charge in [0.25, 0.3) is 0 Å². The van der Waals surface area contributed by atoms with Crippen LogP contribution in [0, 0.1) is 12.0 Å². The normalized spacial score (nSPS) is 19.8. The SMILES string of the molecule is CC1=[C-]C(C)C=C1.[Cl-].[Cl-].[Zr+3]. The molecule has 0 N–H and O–H groups in total. The van der Waals surface area contributed by atoms with Gasteiger partial charge in [-0.2, -0.15) is 6.08 Å². The second-order valence-corrected chi connectivity index (χ2v) is 1.98. The Morgan fingerprint density at radius 1 is 1.40 bits per heavy atom. The van der Waals surface area contributed by atoms with Crippen LogP contribution < -0.4 is 24.8 Å². The van der Waals surface area contributed by atoms with Crippen LogP contribution in [0.1, 0.15) is 13.8 Å². The van der Waals surface area contributed by atoms with E-state index in [0.717, 1.165) is 0 Å². The molecular formula is C7H9Cl2Zr. The zero-order chi connectivity index (χ0) is 5.28. The molecule has 1 aliphatic rings. The van der Waals surface area contributed by atoms with E-state index >= 15 is 0 Å². The molecule has 1 aliphatic carbocycles. The van der Waals surface area contributed by atoms with Gasteiger partial charge in [0.1, 0.15) is 0 Å². The van der Waals surface area contributed by atoms with E-state index in [1.165, 1.54) is 5.57 Å². The molecule has 1 rings (SSSR count). The van der Waals surface area contributed by atoms with E-state index in [2.05, 4.69) is 32.1 Å². The van der Waals surface area contributed by atoms with E-state index in [-0.39, 0.29) is 51.0 Å². The second kappa shape index (κ2) is 8.04. The van der Waals surface area contributed by atoms with Crippen LogP contribution in [0.5, 0.6) is 0 Å². The number of halogens is 2. The maximum atomic E-state index is 3.22. The summed E-state index contributed by atoms with van der Waals surface area (Å²) in [5, 5.41) is 0. The molecule has 0 aromatic rings. The second-order valence-electron chi connectivity index (χ2n) is 1.98. The predicted molar refractivity (Wildman–Crippen MR) is 30.7 cm³/mol. The molecule has 3 heteroatoms. The van der Waals surface area contributed by atoms with E-state index in [4.69, 9.17) is 0 Å². The Kier molecular flexibility index (Phi) is 13.8. The van der Waals surface area contributed by atoms with E-state index in [1.54, 1.807) is 0 Å². The molecule has 0 spiro atoms. The summed E-state index contributed by atoms with van der Waals surface area (Å²) < 4.78 is 0. The summed E-state index contributed by atoms with van der Waals surface area (Å²) in [6.45, 7) is 4.20. The zero-order valence-electron chi connectivity index (χ0n) is 5.99. The molecule has 1 atom stereocenters. The Labute approximate surface area is 94.1 Å². The Bertz CT molecular complexity index is 130. The van der Waals surface area contributed by atoms with Crippen LogP contribution in [0.3, 0.4) is 0 Å². The summed E-state index contributed by atoms with van der Waals surface area (Å²) in [7, 11) is 0. The third-order valence-corrected chi connectivity index (χ3v) is 1.09. The first-order valence-electron chi connectivity index (χ1n) is 2.57. The van der Waals surface area contributed by atoms with Crippen molar-refractivity contribution in [2.24, 2.45) is 5.92 Å². The zero-order valence-corrected chi connectivity index (χ0v) is 9.96. The minimum absolute atomic E-state index is 0. The summed E-state index contributed by atoms with van der Waals surface area (Å²) in [5.41, 5.74) is 1.27. The van der Waals surface area contributed by atoms with E-state index in [9.17, 15) is 0 Å². The molecule has 0 aromatic carbocycles. The largest absolute Gasteiger partial charge is 3.00 e. The molecule has 0 saturated heterocycles. The van der Waals surface area contributed by atoms with Crippen molar-refractivity contribution in [3.8, 4) is 0 Å². The summed E-state index contributed by atoms with van der Waals surface area (Å²) in [4.78, 5) is 0. The van der Waals surface area contributed by atoms with Crippen molar-refractivity contribution < 1.29 is 51.0 Å². The smallest absolute Gasteiger partial charge is 1.00 e. The van der Waals surface area contributed by atoms with Crippen molar-refractivity contribution in [1.29, 1.82) is 0 Å². The first-order chi connectivity index (χ1) is 3.29. The summed E-state index contributed by atoms with van der Waals surface area (Å²) in [6, 6.07) is 0. The van der Waals surface area contributed by atoms with E-state index in [1.807, 2.05) is 0 Å². The summed E-state index contributed by atoms with van der Waals surface area (Å²) in [6.07, 6.45) is 7.47. The van der Waals surface area contributed by atoms with Crippen LogP contribution in [-0.4, -0.2) is 0 Å². The fraction of sp³-hybridized carbons (Fsp3) is 0.429. The van der Waals surface area contributed by atoms with Gasteiger partial charge in [0, 0.05) is 0 Å². The molecule has 0 aromatic heterocycles. The molecule has 0 nitrogen and oxygen atoms in total. The van der Waals surface area contributed by atoms with Crippen molar-refractivity contribution >= 4 is 0 Å². The minimum atomic E-state index is 0. The topological polar surface area (TPSA) is 0 Å². The molecule has 0 bridgehead atoms. The standard InChI is InChI=1S/C7H9.2ClH.Zr/c1-6-3-4-7(2)5-6;;;/h3-4,6H,1-2H3;2*1H;/q-1;;;+3/p-2. The number of allylic oxidation sites excluding steroid dienone is 4. The maximum absolute atomic E-state index is 3.22. The Morgan fingerprint density at radius 2 is 1.90 bits per heavy atom. The summed E-state index contributed by atoms with van der Waals surface area (Å²) in [5.74, 6) is 0.556. The third kappa shape index (κ3) is 5.71. The van der Waals surface area contributed by atoms with Gasteiger partial charge in [0.15, 0.2) is 0 Å². The van der Waals surface area contributed by atoms with Crippen LogP contribution in [0.2, 0.25) is 0 Å². The van der Waals surface area contributed by atoms with Crippen LogP contribution >= 0.6 is 0 Å². The van der Waals surface area contributed by atoms with Crippen LogP contribution in [0.25, 0.3) is 0 Å². The van der Waals surface area contributed by atoms with Gasteiger partial charge >= 0.3 is 26.2 Å².